The number of carbonyl (C=O) groups is 7. The van der Waals surface area contributed by atoms with Crippen LogP contribution in [0.4, 0.5) is 0 Å². The molecule has 0 saturated carbocycles. The van der Waals surface area contributed by atoms with Gasteiger partial charge in [-0.05, 0) is 67.1 Å². The number of rotatable bonds is 21. The fourth-order valence-corrected chi connectivity index (χ4v) is 7.95. The van der Waals surface area contributed by atoms with E-state index < -0.39 is 128 Å². The second-order valence-electron chi connectivity index (χ2n) is 16.9. The number of phenolic OH excluding ortho intramolecular Hbond substituents is 2. The van der Waals surface area contributed by atoms with Gasteiger partial charge in [-0.3, -0.25) is 33.6 Å². The Morgan fingerprint density at radius 1 is 0.691 bits per heavy atom. The molecule has 22 heteroatoms. The second-order valence-corrected chi connectivity index (χ2v) is 16.9. The number of likely N-dealkylation sites (tertiary alicyclic amines) is 1. The monoisotopic (exact) mass is 948 g/mol. The number of benzene rings is 3. The Balaban J connectivity index is 1.24. The summed E-state index contributed by atoms with van der Waals surface area (Å²) in [6.07, 6.45) is -7.73. The number of amides is 7. The lowest BCUT2D eigenvalue weighted by Crippen LogP contribution is -2.61. The number of hydrogen-bond donors (Lipinski definition) is 13. The number of nitrogens with one attached hydrogen (secondary N) is 5. The fourth-order valence-electron chi connectivity index (χ4n) is 7.95. The molecule has 2 aliphatic rings. The molecule has 3 aromatic rings. The van der Waals surface area contributed by atoms with E-state index in [4.69, 9.17) is 16.2 Å². The largest absolute Gasteiger partial charge is 0.508 e. The molecular formula is C46H60N8O14. The lowest BCUT2D eigenvalue weighted by molar-refractivity contribution is -0.231. The fraction of sp³-hybridized carbons (Fsp3) is 0.457. The highest BCUT2D eigenvalue weighted by atomic mass is 16.5. The van der Waals surface area contributed by atoms with Crippen LogP contribution < -0.4 is 38.1 Å². The molecule has 2 saturated heterocycles. The van der Waals surface area contributed by atoms with Crippen LogP contribution in [0, 0.1) is 0 Å². The lowest BCUT2D eigenvalue weighted by Gasteiger charge is -2.41. The third-order valence-electron chi connectivity index (χ3n) is 11.8. The number of nitrogens with zero attached hydrogens (tertiary/aromatic N) is 1. The third-order valence-corrected chi connectivity index (χ3v) is 11.8. The topological polar surface area (TPSA) is 366 Å². The molecule has 2 aliphatic heterocycles. The summed E-state index contributed by atoms with van der Waals surface area (Å²) < 4.78 is 5.49. The van der Waals surface area contributed by atoms with Crippen LogP contribution in [0.25, 0.3) is 0 Å². The predicted molar refractivity (Wildman–Crippen MR) is 240 cm³/mol. The highest BCUT2D eigenvalue weighted by molar-refractivity contribution is 5.96. The molecule has 22 nitrogen and oxygen atoms in total. The van der Waals surface area contributed by atoms with Gasteiger partial charge >= 0.3 is 0 Å². The number of aliphatic hydroxyl groups excluding tert-OH is 4. The summed E-state index contributed by atoms with van der Waals surface area (Å²) in [7, 11) is 0. The number of aromatic hydroxyl groups is 2. The van der Waals surface area contributed by atoms with Gasteiger partial charge in [0.1, 0.15) is 66.1 Å². The first kappa shape index (κ1) is 52.3. The summed E-state index contributed by atoms with van der Waals surface area (Å²) in [5, 5.41) is 72.7. The molecule has 0 bridgehead atoms. The Morgan fingerprint density at radius 2 is 1.26 bits per heavy atom. The highest BCUT2D eigenvalue weighted by Gasteiger charge is 2.45. The van der Waals surface area contributed by atoms with Crippen molar-refractivity contribution in [1.29, 1.82) is 0 Å². The quantitative estimate of drug-likeness (QED) is 0.0488. The van der Waals surface area contributed by atoms with Gasteiger partial charge in [-0.25, -0.2) is 0 Å². The SMILES string of the molecule is C[C@@H](NC(=O)[C@@H](N)Cc1ccc(O)cc1)C(=O)N[C@@H](Cc1ccccc1)C(=O)NCC(=O)N[C@@H](Cc1ccc(O)cc1)C(=O)N1CCC[C@H]1C(=O)NC(CC1O[C@H](CO)[C@H](O)[C@H](O)[C@H]1O)C(N)=O. The summed E-state index contributed by atoms with van der Waals surface area (Å²) in [5.41, 5.74) is 13.5. The zero-order valence-corrected chi connectivity index (χ0v) is 37.3. The van der Waals surface area contributed by atoms with Crippen LogP contribution in [0.1, 0.15) is 42.9 Å². The minimum Gasteiger partial charge on any atom is -0.508 e. The maximum absolute atomic E-state index is 14.3. The number of hydrogen-bond acceptors (Lipinski definition) is 15. The van der Waals surface area contributed by atoms with Crippen molar-refractivity contribution < 1.29 is 68.9 Å². The van der Waals surface area contributed by atoms with Crippen molar-refractivity contribution in [2.45, 2.75) is 112 Å². The van der Waals surface area contributed by atoms with Gasteiger partial charge in [0.15, 0.2) is 0 Å². The van der Waals surface area contributed by atoms with Crippen molar-refractivity contribution in [2.75, 3.05) is 19.7 Å². The molecule has 0 aromatic heterocycles. The average molecular weight is 949 g/mol. The Bertz CT molecular complexity index is 2220. The van der Waals surface area contributed by atoms with Crippen molar-refractivity contribution in [3.8, 4) is 11.5 Å². The molecule has 15 N–H and O–H groups in total. The van der Waals surface area contributed by atoms with E-state index in [1.54, 1.807) is 42.5 Å². The number of primary amides is 1. The molecule has 7 amide bonds. The summed E-state index contributed by atoms with van der Waals surface area (Å²) in [4.78, 5) is 95.4. The number of ether oxygens (including phenoxy) is 1. The Morgan fingerprint density at radius 3 is 1.87 bits per heavy atom. The molecule has 11 atom stereocenters. The van der Waals surface area contributed by atoms with Gasteiger partial charge in [0.2, 0.25) is 41.4 Å². The minimum atomic E-state index is -1.74. The summed E-state index contributed by atoms with van der Waals surface area (Å²) in [5.74, 6) is -5.52. The first-order valence-electron chi connectivity index (χ1n) is 22.1. The molecule has 0 spiro atoms. The van der Waals surface area contributed by atoms with E-state index in [2.05, 4.69) is 26.6 Å². The molecular weight excluding hydrogens is 889 g/mol. The average Bonchev–Trinajstić information content (AvgIpc) is 3.82. The number of aliphatic hydroxyl groups is 4. The van der Waals surface area contributed by atoms with Gasteiger partial charge in [-0.2, -0.15) is 0 Å². The van der Waals surface area contributed by atoms with Gasteiger partial charge in [-0.1, -0.05) is 54.6 Å². The second kappa shape index (κ2) is 24.4. The van der Waals surface area contributed by atoms with Gasteiger partial charge in [0, 0.05) is 25.8 Å². The summed E-state index contributed by atoms with van der Waals surface area (Å²) in [6.45, 7) is 0.0814. The zero-order valence-electron chi connectivity index (χ0n) is 37.3. The molecule has 2 fully saturated rings. The standard InChI is InChI=1S/C46H60N8O14/c1-24(50-43(64)30(47)18-26-9-13-28(56)14-10-26)42(63)53-32(19-25-6-3-2-4-7-25)44(65)49-22-37(58)51-33(20-27-11-15-29(57)16-12-27)46(67)54-17-5-8-34(54)45(66)52-31(41(48)62)21-35-38(59)40(61)39(60)36(23-55)68-35/h2-4,6-7,9-16,24,30-36,38-40,55-57,59-61H,5,8,17-23,47H2,1H3,(H2,48,62)(H,49,65)(H,50,64)(H,51,58)(H,52,66)(H,53,63)/t24-,30+,31?,32+,33+,34+,35?,36-,38+,39+,40-/m1/s1. The molecule has 2 heterocycles. The van der Waals surface area contributed by atoms with E-state index in [9.17, 15) is 64.2 Å². The van der Waals surface area contributed by atoms with Crippen LogP contribution in [0.3, 0.4) is 0 Å². The number of phenols is 2. The van der Waals surface area contributed by atoms with E-state index >= 15 is 0 Å². The van der Waals surface area contributed by atoms with E-state index in [0.717, 1.165) is 0 Å². The van der Waals surface area contributed by atoms with Crippen LogP contribution >= 0.6 is 0 Å². The van der Waals surface area contributed by atoms with Crippen LogP contribution in [-0.4, -0.2) is 163 Å². The summed E-state index contributed by atoms with van der Waals surface area (Å²) >= 11 is 0. The first-order chi connectivity index (χ1) is 32.3. The van der Waals surface area contributed by atoms with Crippen molar-refractivity contribution in [3.05, 3.63) is 95.6 Å². The maximum Gasteiger partial charge on any atom is 0.246 e. The lowest BCUT2D eigenvalue weighted by atomic mass is 9.91. The van der Waals surface area contributed by atoms with Crippen molar-refractivity contribution in [1.82, 2.24) is 31.5 Å². The summed E-state index contributed by atoms with van der Waals surface area (Å²) in [6, 6.07) is 13.2. The molecule has 368 valence electrons. The third kappa shape index (κ3) is 14.4. The first-order valence-corrected chi connectivity index (χ1v) is 22.1. The van der Waals surface area contributed by atoms with Gasteiger partial charge in [-0.15, -0.1) is 0 Å². The normalized spacial score (nSPS) is 22.4. The predicted octanol–water partition coefficient (Wildman–Crippen LogP) is -3.76. The van der Waals surface area contributed by atoms with Crippen LogP contribution in [0.15, 0.2) is 78.9 Å². The van der Waals surface area contributed by atoms with Crippen LogP contribution in [0.2, 0.25) is 0 Å². The molecule has 0 radical (unpaired) electrons. The van der Waals surface area contributed by atoms with Gasteiger partial charge < -0.3 is 78.3 Å². The van der Waals surface area contributed by atoms with E-state index in [0.29, 0.717) is 23.1 Å². The minimum absolute atomic E-state index is 0.0133. The maximum atomic E-state index is 14.3. The highest BCUT2D eigenvalue weighted by Crippen LogP contribution is 2.25. The Labute approximate surface area is 391 Å². The van der Waals surface area contributed by atoms with Crippen molar-refractivity contribution >= 4 is 41.4 Å². The number of nitrogens with two attached hydrogens (primary N) is 2. The van der Waals surface area contributed by atoms with Crippen molar-refractivity contribution in [3.63, 3.8) is 0 Å². The smallest absolute Gasteiger partial charge is 0.246 e. The van der Waals surface area contributed by atoms with Crippen LogP contribution in [0.5, 0.6) is 11.5 Å². The van der Waals surface area contributed by atoms with E-state index in [-0.39, 0.29) is 43.7 Å². The molecule has 5 rings (SSSR count). The van der Waals surface area contributed by atoms with Crippen molar-refractivity contribution in [2.24, 2.45) is 11.5 Å². The molecule has 0 aliphatic carbocycles. The van der Waals surface area contributed by atoms with Gasteiger partial charge in [0.25, 0.3) is 0 Å². The van der Waals surface area contributed by atoms with Gasteiger partial charge in [0.05, 0.1) is 25.3 Å². The zero-order chi connectivity index (χ0) is 49.7. The van der Waals surface area contributed by atoms with Crippen LogP contribution in [-0.2, 0) is 57.6 Å². The Kier molecular flexibility index (Phi) is 18.7. The Hall–Kier alpha value is -6.69. The molecule has 2 unspecified atom stereocenters. The molecule has 3 aromatic carbocycles. The molecule has 68 heavy (non-hydrogen) atoms. The van der Waals surface area contributed by atoms with E-state index in [1.807, 2.05) is 0 Å². The number of carbonyl (C=O) groups excluding carboxylic acids is 7. The van der Waals surface area contributed by atoms with E-state index in [1.165, 1.54) is 48.2 Å².